The molecule has 20 atom stereocenters. The molecule has 430 valence electrons. The number of rotatable bonds is 18. The second-order valence-electron chi connectivity index (χ2n) is 27.0. The first-order chi connectivity index (χ1) is 34.7. The van der Waals surface area contributed by atoms with Crippen molar-refractivity contribution in [1.29, 1.82) is 0 Å². The number of allylic oxidation sites excluding steroid dienone is 1. The van der Waals surface area contributed by atoms with Crippen LogP contribution < -0.4 is 0 Å². The predicted molar refractivity (Wildman–Crippen MR) is 272 cm³/mol. The lowest BCUT2D eigenvalue weighted by Gasteiger charge is -2.63. The summed E-state index contributed by atoms with van der Waals surface area (Å²) in [6.45, 7) is 14.0. The highest BCUT2D eigenvalue weighted by molar-refractivity contribution is 7.87. The molecule has 7 fully saturated rings. The number of halogens is 4. The average Bonchev–Trinajstić information content (AvgIpc) is 3.85. The lowest BCUT2D eigenvalue weighted by molar-refractivity contribution is -0.208. The number of hydrogen-bond acceptors (Lipinski definition) is 11. The third-order valence-corrected chi connectivity index (χ3v) is 24.8. The van der Waals surface area contributed by atoms with Crippen LogP contribution in [0, 0.1) is 98.6 Å². The molecule has 8 aliphatic carbocycles. The summed E-state index contributed by atoms with van der Waals surface area (Å²) < 4.78 is 134. The molecule has 0 aliphatic heterocycles. The molecule has 5 unspecified atom stereocenters. The molecule has 0 spiro atoms. The van der Waals surface area contributed by atoms with Crippen LogP contribution in [0.3, 0.4) is 0 Å². The first-order valence-electron chi connectivity index (χ1n) is 28.5. The molecule has 13 nitrogen and oxygen atoms in total. The SMILES string of the molecule is CC(C)CCC[C@@H](C)[C@H]1CC[C@H]2[C@@H]3CC=C4C(C[C@H](CCC(=O)OCC(F)(F)S(=O)(=O)O)[C@H]5CC[C@H]6[C@@H]7C(O)C[C@@H]8CC(O)CC[C@]8(C)[C@H]7CC(O)[C@]56C)C(OC(=O)CC(F)(F)S(=O)(=O)O)CC[C@]4(C)[C@H]3CC[C@]12C. The number of hydrogen-bond donors (Lipinski definition) is 5. The summed E-state index contributed by atoms with van der Waals surface area (Å²) in [7, 11) is -11.9. The molecule has 5 N–H and O–H groups in total. The Bertz CT molecular complexity index is 2370. The summed E-state index contributed by atoms with van der Waals surface area (Å²) in [5, 5.41) is 25.9. The fourth-order valence-corrected chi connectivity index (χ4v) is 19.7. The van der Waals surface area contributed by atoms with Crippen LogP contribution in [0.25, 0.3) is 0 Å². The minimum atomic E-state index is -5.98. The predicted octanol–water partition coefficient (Wildman–Crippen LogP) is 10.8. The normalized spacial score (nSPS) is 42.7. The largest absolute Gasteiger partial charge is 0.462 e. The number of aliphatic hydroxyl groups excluding tert-OH is 3. The number of esters is 2. The molecule has 8 rings (SSSR count). The molecule has 0 aromatic heterocycles. The van der Waals surface area contributed by atoms with E-state index in [1.165, 1.54) is 25.7 Å². The molecule has 75 heavy (non-hydrogen) atoms. The Hall–Kier alpha value is -1.90. The molecule has 19 heteroatoms. The van der Waals surface area contributed by atoms with E-state index in [2.05, 4.69) is 47.6 Å². The van der Waals surface area contributed by atoms with Gasteiger partial charge >= 0.3 is 42.7 Å². The van der Waals surface area contributed by atoms with Gasteiger partial charge in [0.1, 0.15) is 12.5 Å². The van der Waals surface area contributed by atoms with Gasteiger partial charge in [0, 0.05) is 12.3 Å². The van der Waals surface area contributed by atoms with Gasteiger partial charge in [-0.05, 0) is 195 Å². The van der Waals surface area contributed by atoms with Crippen molar-refractivity contribution in [2.75, 3.05) is 6.61 Å². The van der Waals surface area contributed by atoms with Gasteiger partial charge in [0.05, 0.1) is 18.3 Å². The van der Waals surface area contributed by atoms with Gasteiger partial charge < -0.3 is 24.8 Å². The zero-order chi connectivity index (χ0) is 55.2. The Morgan fingerprint density at radius 3 is 2.05 bits per heavy atom. The Morgan fingerprint density at radius 1 is 0.733 bits per heavy atom. The van der Waals surface area contributed by atoms with Gasteiger partial charge in [0.15, 0.2) is 6.61 Å². The van der Waals surface area contributed by atoms with Gasteiger partial charge in [-0.3, -0.25) is 18.7 Å². The topological polar surface area (TPSA) is 222 Å². The van der Waals surface area contributed by atoms with E-state index in [1.54, 1.807) is 0 Å². The molecule has 8 aliphatic rings. The number of aliphatic hydroxyl groups is 3. The molecule has 7 saturated carbocycles. The van der Waals surface area contributed by atoms with Crippen molar-refractivity contribution in [2.45, 2.75) is 218 Å². The highest BCUT2D eigenvalue weighted by atomic mass is 32.2. The van der Waals surface area contributed by atoms with Crippen LogP contribution in [0.4, 0.5) is 17.6 Å². The van der Waals surface area contributed by atoms with Crippen molar-refractivity contribution in [3.63, 3.8) is 0 Å². The first kappa shape index (κ1) is 59.2. The van der Waals surface area contributed by atoms with Crippen LogP contribution in [0.15, 0.2) is 11.6 Å². The fraction of sp³-hybridized carbons (Fsp3) is 0.929. The van der Waals surface area contributed by atoms with Crippen molar-refractivity contribution >= 4 is 32.2 Å². The summed E-state index contributed by atoms with van der Waals surface area (Å²) in [5.74, 6) is -1.73. The Labute approximate surface area is 443 Å². The molecule has 0 amide bonds. The van der Waals surface area contributed by atoms with E-state index in [4.69, 9.17) is 14.0 Å². The third kappa shape index (κ3) is 10.8. The van der Waals surface area contributed by atoms with Gasteiger partial charge in [-0.15, -0.1) is 0 Å². The third-order valence-electron chi connectivity index (χ3n) is 23.0. The Kier molecular flexibility index (Phi) is 16.7. The van der Waals surface area contributed by atoms with Gasteiger partial charge in [0.25, 0.3) is 0 Å². The molecule has 0 aromatic rings. The van der Waals surface area contributed by atoms with E-state index in [0.29, 0.717) is 74.5 Å². The zero-order valence-electron chi connectivity index (χ0n) is 45.3. The second kappa shape index (κ2) is 21.2. The Balaban J connectivity index is 1.14. The fourth-order valence-electron chi connectivity index (χ4n) is 19.2. The van der Waals surface area contributed by atoms with Crippen LogP contribution in [-0.4, -0.2) is 94.7 Å². The van der Waals surface area contributed by atoms with Gasteiger partial charge in [-0.1, -0.05) is 79.4 Å². The highest BCUT2D eigenvalue weighted by Crippen LogP contribution is 2.71. The molecule has 0 heterocycles. The number of fused-ring (bicyclic) bond motifs is 10. The van der Waals surface area contributed by atoms with Crippen LogP contribution in [0.2, 0.25) is 0 Å². The minimum absolute atomic E-state index is 0.0183. The smallest absolute Gasteiger partial charge is 0.402 e. The highest BCUT2D eigenvalue weighted by Gasteiger charge is 2.67. The number of alkyl halides is 4. The van der Waals surface area contributed by atoms with E-state index in [0.717, 1.165) is 37.7 Å². The maximum absolute atomic E-state index is 14.8. The van der Waals surface area contributed by atoms with E-state index < -0.39 is 109 Å². The van der Waals surface area contributed by atoms with Crippen molar-refractivity contribution in [3.8, 4) is 0 Å². The lowest BCUT2D eigenvalue weighted by Crippen LogP contribution is -2.62. The van der Waals surface area contributed by atoms with Gasteiger partial charge in [-0.25, -0.2) is 0 Å². The van der Waals surface area contributed by atoms with Gasteiger partial charge in [0.2, 0.25) is 0 Å². The van der Waals surface area contributed by atoms with Crippen LogP contribution in [0.5, 0.6) is 0 Å². The van der Waals surface area contributed by atoms with E-state index in [1.807, 2.05) is 6.92 Å². The summed E-state index contributed by atoms with van der Waals surface area (Å²) in [4.78, 5) is 27.0. The summed E-state index contributed by atoms with van der Waals surface area (Å²) in [6.07, 6.45) is 10.3. The van der Waals surface area contributed by atoms with Crippen molar-refractivity contribution in [2.24, 2.45) is 98.6 Å². The molecular formula is C56H88F4O13S2. The van der Waals surface area contributed by atoms with Gasteiger partial charge in [-0.2, -0.15) is 34.4 Å². The van der Waals surface area contributed by atoms with E-state index in [-0.39, 0.29) is 65.6 Å². The maximum Gasteiger partial charge on any atom is 0.402 e. The lowest BCUT2D eigenvalue weighted by atomic mass is 9.42. The monoisotopic (exact) mass is 1110 g/mol. The maximum atomic E-state index is 14.8. The van der Waals surface area contributed by atoms with E-state index in [9.17, 15) is 63.9 Å². The first-order valence-corrected chi connectivity index (χ1v) is 31.4. The number of carbonyl (C=O) groups is 2. The second-order valence-corrected chi connectivity index (χ2v) is 30.1. The average molecular weight is 1110 g/mol. The van der Waals surface area contributed by atoms with Crippen LogP contribution in [-0.2, 0) is 39.3 Å². The number of ether oxygens (including phenoxy) is 2. The summed E-state index contributed by atoms with van der Waals surface area (Å²) >= 11 is 0. The summed E-state index contributed by atoms with van der Waals surface area (Å²) in [6, 6.07) is 0. The van der Waals surface area contributed by atoms with Crippen molar-refractivity contribution in [1.82, 2.24) is 0 Å². The number of carbonyl (C=O) groups excluding carboxylic acids is 2. The molecule has 0 radical (unpaired) electrons. The molecule has 0 bridgehead atoms. The van der Waals surface area contributed by atoms with Crippen LogP contribution >= 0.6 is 0 Å². The zero-order valence-corrected chi connectivity index (χ0v) is 46.9. The molecule has 0 saturated heterocycles. The standard InChI is InChI=1S/C56H88F4O13S2/c1-31(2)9-8-10-32(3)38-14-16-40-36-12-13-41-37(46(73-49(65)29-55(57,58)74(66,67)68)21-24-53(41,6)42(36)20-23-52(38,40)5)25-33(11-18-48(64)72-30-56(59,60)75(69,70)71)39-15-17-43-50-44(28-47(63)54(39,43)7)51(4)22-19-35(61)26-34(51)27-45(50)62/h13,31-40,42-47,50,61-63H,8-12,14-30H2,1-7H3,(H,66,67,68)(H,69,70,71)/t32-,33+,34+,35?,36+,37?,38-,39-,40+,42+,43+,44+,45?,46?,47?,50+,51+,52-,53+,54-/m1/s1. The quantitative estimate of drug-likeness (QED) is 0.0373. The molecule has 0 aromatic carbocycles. The summed E-state index contributed by atoms with van der Waals surface area (Å²) in [5.41, 5.74) is -0.391. The Morgan fingerprint density at radius 2 is 1.39 bits per heavy atom. The minimum Gasteiger partial charge on any atom is -0.462 e. The molecular weight excluding hydrogens is 1020 g/mol. The van der Waals surface area contributed by atoms with Crippen molar-refractivity contribution < 1.29 is 77.9 Å². The van der Waals surface area contributed by atoms with Crippen LogP contribution in [0.1, 0.15) is 183 Å². The van der Waals surface area contributed by atoms with E-state index >= 15 is 0 Å². The van der Waals surface area contributed by atoms with Crippen molar-refractivity contribution in [3.05, 3.63) is 11.6 Å².